The lowest BCUT2D eigenvalue weighted by atomic mass is 9.76. The van der Waals surface area contributed by atoms with E-state index in [-0.39, 0.29) is 45.4 Å². The highest BCUT2D eigenvalue weighted by molar-refractivity contribution is 6.31. The number of aliphatic hydroxyl groups is 2. The van der Waals surface area contributed by atoms with E-state index in [1.165, 1.54) is 17.7 Å². The summed E-state index contributed by atoms with van der Waals surface area (Å²) in [4.78, 5) is 16.5. The molecule has 0 aliphatic heterocycles. The van der Waals surface area contributed by atoms with Gasteiger partial charge in [0.05, 0.1) is 34.3 Å². The Hall–Kier alpha value is -5.15. The number of likely N-dealkylation sites (N-methyl/N-ethyl adjacent to an activating group) is 1. The number of anilines is 6. The van der Waals surface area contributed by atoms with Gasteiger partial charge in [-0.1, -0.05) is 78.6 Å². The quantitative estimate of drug-likeness (QED) is 0.0245. The third kappa shape index (κ3) is 12.0. The van der Waals surface area contributed by atoms with Crippen LogP contribution in [-0.2, 0) is 15.6 Å². The molecule has 4 aromatic carbocycles. The average molecular weight is 828 g/mol. The molecule has 59 heavy (non-hydrogen) atoms. The molecule has 11 nitrogen and oxygen atoms in total. The highest BCUT2D eigenvalue weighted by Crippen LogP contribution is 2.41. The Morgan fingerprint density at radius 3 is 2.25 bits per heavy atom. The molecule has 0 radical (unpaired) electrons. The molecule has 0 bridgehead atoms. The van der Waals surface area contributed by atoms with Crippen LogP contribution in [0.2, 0.25) is 5.02 Å². The molecule has 7 N–H and O–H groups in total. The second kappa shape index (κ2) is 20.7. The standard InChI is InChI=1S/C47H63ClN6O5/c1-10-14-15-43(59-42-21-16-32(46(6,7)11-2)26-35(42)47(8,9)12-3)44(57)52-39-28-41(56)40(53-45(58)50-33-17-19-36(48)31(25-33)29-49)27-38(39)51-37-20-18-34(24-30(37)5)54(13-4)22-23-55/h16-21,24-28,43,45,50-51,53,55-56,58H,10-15,22-23H2,1-9H3,(H,52,57). The maximum absolute atomic E-state index is 14.4. The van der Waals surface area contributed by atoms with E-state index in [9.17, 15) is 25.4 Å². The Kier molecular flexibility index (Phi) is 16.3. The summed E-state index contributed by atoms with van der Waals surface area (Å²) in [5.74, 6) is 0.0705. The van der Waals surface area contributed by atoms with E-state index < -0.39 is 12.5 Å². The first-order valence-corrected chi connectivity index (χ1v) is 21.0. The molecule has 0 spiro atoms. The molecule has 0 saturated heterocycles. The molecule has 2 unspecified atom stereocenters. The number of aromatic hydroxyl groups is 1. The van der Waals surface area contributed by atoms with Crippen molar-refractivity contribution in [3.63, 3.8) is 0 Å². The van der Waals surface area contributed by atoms with Crippen molar-refractivity contribution < 1.29 is 24.9 Å². The van der Waals surface area contributed by atoms with Gasteiger partial charge in [-0.3, -0.25) is 4.79 Å². The molecule has 4 aromatic rings. The van der Waals surface area contributed by atoms with Crippen molar-refractivity contribution >= 4 is 51.6 Å². The summed E-state index contributed by atoms with van der Waals surface area (Å²) in [5.41, 5.74) is 6.20. The number of halogens is 1. The second-order valence-electron chi connectivity index (χ2n) is 16.3. The predicted octanol–water partition coefficient (Wildman–Crippen LogP) is 10.5. The van der Waals surface area contributed by atoms with Crippen LogP contribution in [-0.4, -0.2) is 53.4 Å². The summed E-state index contributed by atoms with van der Waals surface area (Å²) in [7, 11) is 0. The number of amides is 1. The number of unbranched alkanes of at least 4 members (excludes halogenated alkanes) is 1. The number of carbonyl (C=O) groups is 1. The minimum absolute atomic E-state index is 0.0282. The number of nitrogens with one attached hydrogen (secondary N) is 4. The fraction of sp³-hybridized carbons (Fsp3) is 0.447. The van der Waals surface area contributed by atoms with E-state index in [2.05, 4.69) is 86.8 Å². The minimum Gasteiger partial charge on any atom is -0.506 e. The van der Waals surface area contributed by atoms with E-state index in [0.717, 1.165) is 54.7 Å². The lowest BCUT2D eigenvalue weighted by Gasteiger charge is -2.31. The van der Waals surface area contributed by atoms with Gasteiger partial charge in [0.15, 0.2) is 6.10 Å². The van der Waals surface area contributed by atoms with E-state index in [1.54, 1.807) is 18.2 Å². The number of nitriles is 1. The first kappa shape index (κ1) is 46.5. The predicted molar refractivity (Wildman–Crippen MR) is 243 cm³/mol. The SMILES string of the molecule is CCCCC(Oc1ccc(C(C)(C)CC)cc1C(C)(C)CC)C(=O)Nc1cc(O)c(NC(O)Nc2ccc(Cl)c(C#N)c2)cc1Nc1ccc(N(CC)CCO)cc1C. The van der Waals surface area contributed by atoms with Gasteiger partial charge in [0.2, 0.25) is 6.35 Å². The van der Waals surface area contributed by atoms with E-state index in [4.69, 9.17) is 16.3 Å². The number of carbonyl (C=O) groups excluding carboxylic acids is 1. The molecular weight excluding hydrogens is 764 g/mol. The number of benzene rings is 4. The first-order valence-electron chi connectivity index (χ1n) is 20.6. The molecule has 318 valence electrons. The maximum Gasteiger partial charge on any atom is 0.265 e. The average Bonchev–Trinajstić information content (AvgIpc) is 3.21. The minimum atomic E-state index is -1.39. The number of phenols is 1. The van der Waals surface area contributed by atoms with Crippen molar-refractivity contribution in [1.82, 2.24) is 0 Å². The highest BCUT2D eigenvalue weighted by Gasteiger charge is 2.30. The van der Waals surface area contributed by atoms with Gasteiger partial charge in [0.1, 0.15) is 17.6 Å². The molecule has 12 heteroatoms. The Bertz CT molecular complexity index is 2100. The van der Waals surface area contributed by atoms with Gasteiger partial charge in [-0.05, 0) is 110 Å². The summed E-state index contributed by atoms with van der Waals surface area (Å²) in [6, 6.07) is 22.0. The van der Waals surface area contributed by atoms with Crippen molar-refractivity contribution in [3.05, 3.63) is 94.0 Å². The Labute approximate surface area is 355 Å². The Morgan fingerprint density at radius 2 is 1.63 bits per heavy atom. The van der Waals surface area contributed by atoms with Crippen LogP contribution in [0.5, 0.6) is 11.5 Å². The zero-order valence-corrected chi connectivity index (χ0v) is 36.8. The lowest BCUT2D eigenvalue weighted by Crippen LogP contribution is -2.34. The van der Waals surface area contributed by atoms with Crippen molar-refractivity contribution in [2.75, 3.05) is 45.9 Å². The van der Waals surface area contributed by atoms with Gasteiger partial charge in [0.25, 0.3) is 5.91 Å². The summed E-state index contributed by atoms with van der Waals surface area (Å²) in [6.45, 7) is 20.5. The van der Waals surface area contributed by atoms with Crippen molar-refractivity contribution in [2.45, 2.75) is 118 Å². The molecule has 0 aromatic heterocycles. The van der Waals surface area contributed by atoms with Crippen molar-refractivity contribution in [2.24, 2.45) is 0 Å². The number of aryl methyl sites for hydroxylation is 1. The van der Waals surface area contributed by atoms with Gasteiger partial charge in [-0.2, -0.15) is 5.26 Å². The molecule has 2 atom stereocenters. The van der Waals surface area contributed by atoms with Crippen LogP contribution in [0.15, 0.2) is 66.7 Å². The normalized spacial score (nSPS) is 12.6. The smallest absolute Gasteiger partial charge is 0.265 e. The molecule has 0 aliphatic carbocycles. The van der Waals surface area contributed by atoms with Crippen molar-refractivity contribution in [3.8, 4) is 17.6 Å². The fourth-order valence-electron chi connectivity index (χ4n) is 6.65. The molecule has 0 aliphatic rings. The number of hydrogen-bond acceptors (Lipinski definition) is 10. The van der Waals surface area contributed by atoms with Crippen LogP contribution < -0.4 is 30.9 Å². The van der Waals surface area contributed by atoms with Gasteiger partial charge < -0.3 is 46.2 Å². The molecule has 0 fully saturated rings. The Morgan fingerprint density at radius 1 is 0.898 bits per heavy atom. The molecular formula is C47H63ClN6O5. The number of ether oxygens (including phenoxy) is 1. The van der Waals surface area contributed by atoms with Crippen LogP contribution in [0.25, 0.3) is 0 Å². The Balaban J connectivity index is 1.73. The fourth-order valence-corrected chi connectivity index (χ4v) is 6.81. The molecule has 1 amide bonds. The van der Waals surface area contributed by atoms with Gasteiger partial charge >= 0.3 is 0 Å². The number of aliphatic hydroxyl groups excluding tert-OH is 2. The molecule has 4 rings (SSSR count). The van der Waals surface area contributed by atoms with E-state index in [0.29, 0.717) is 35.8 Å². The van der Waals surface area contributed by atoms with Crippen LogP contribution in [0.4, 0.5) is 34.1 Å². The zero-order valence-electron chi connectivity index (χ0n) is 36.1. The summed E-state index contributed by atoms with van der Waals surface area (Å²) in [6.07, 6.45) is 1.73. The summed E-state index contributed by atoms with van der Waals surface area (Å²) < 4.78 is 6.70. The lowest BCUT2D eigenvalue weighted by molar-refractivity contribution is -0.123. The van der Waals surface area contributed by atoms with E-state index >= 15 is 0 Å². The maximum atomic E-state index is 14.4. The highest BCUT2D eigenvalue weighted by atomic mass is 35.5. The van der Waals surface area contributed by atoms with Gasteiger partial charge in [0, 0.05) is 41.8 Å². The number of rotatable bonds is 21. The van der Waals surface area contributed by atoms with Crippen LogP contribution >= 0.6 is 11.6 Å². The van der Waals surface area contributed by atoms with E-state index in [1.807, 2.05) is 44.2 Å². The van der Waals surface area contributed by atoms with Gasteiger partial charge in [-0.15, -0.1) is 0 Å². The first-order chi connectivity index (χ1) is 28.0. The van der Waals surface area contributed by atoms with Gasteiger partial charge in [-0.25, -0.2) is 0 Å². The number of nitrogens with zero attached hydrogens (tertiary/aromatic N) is 2. The monoisotopic (exact) mass is 826 g/mol. The van der Waals surface area contributed by atoms with Crippen LogP contribution in [0, 0.1) is 18.3 Å². The third-order valence-electron chi connectivity index (χ3n) is 11.3. The van der Waals surface area contributed by atoms with Crippen molar-refractivity contribution in [1.29, 1.82) is 5.26 Å². The summed E-state index contributed by atoms with van der Waals surface area (Å²) in [5, 5.41) is 53.9. The van der Waals surface area contributed by atoms with Crippen LogP contribution in [0.3, 0.4) is 0 Å². The van der Waals surface area contributed by atoms with Crippen LogP contribution in [0.1, 0.15) is 110 Å². The second-order valence-corrected chi connectivity index (χ2v) is 16.7. The molecule has 0 saturated carbocycles. The third-order valence-corrected chi connectivity index (χ3v) is 11.6. The number of phenolic OH excluding ortho intramolecular Hbond substituents is 1. The largest absolute Gasteiger partial charge is 0.506 e. The topological polar surface area (TPSA) is 162 Å². The zero-order chi connectivity index (χ0) is 43.5. The number of hydrogen-bond donors (Lipinski definition) is 7. The molecule has 0 heterocycles. The summed E-state index contributed by atoms with van der Waals surface area (Å²) >= 11 is 6.10.